The van der Waals surface area contributed by atoms with E-state index in [1.165, 1.54) is 20.2 Å². The number of hydrogen-bond acceptors (Lipinski definition) is 1. The molecule has 0 bridgehead atoms. The summed E-state index contributed by atoms with van der Waals surface area (Å²) >= 11 is 5.15. The second-order valence-electron chi connectivity index (χ2n) is 3.74. The SMILES string of the molecule is BrCC#Cc1ccc2sc3ccccc3c2c1. The van der Waals surface area contributed by atoms with Crippen LogP contribution in [0.25, 0.3) is 20.2 Å². The first-order chi connectivity index (χ1) is 8.38. The first-order valence-corrected chi connectivity index (χ1v) is 7.28. The molecular weight excluding hydrogens is 292 g/mol. The summed E-state index contributed by atoms with van der Waals surface area (Å²) in [6.07, 6.45) is 0. The van der Waals surface area contributed by atoms with Crippen LogP contribution < -0.4 is 0 Å². The van der Waals surface area contributed by atoms with E-state index in [9.17, 15) is 0 Å². The molecule has 2 heteroatoms. The van der Waals surface area contributed by atoms with Crippen LogP contribution in [0, 0.1) is 11.8 Å². The van der Waals surface area contributed by atoms with Crippen molar-refractivity contribution in [1.29, 1.82) is 0 Å². The van der Waals surface area contributed by atoms with Gasteiger partial charge in [0.25, 0.3) is 0 Å². The Labute approximate surface area is 112 Å². The Morgan fingerprint density at radius 3 is 2.71 bits per heavy atom. The van der Waals surface area contributed by atoms with E-state index in [1.807, 2.05) is 11.3 Å². The molecule has 0 radical (unpaired) electrons. The van der Waals surface area contributed by atoms with Crippen LogP contribution in [0.2, 0.25) is 0 Å². The number of alkyl halides is 1. The normalized spacial score (nSPS) is 10.4. The number of hydrogen-bond donors (Lipinski definition) is 0. The highest BCUT2D eigenvalue weighted by molar-refractivity contribution is 9.09. The fourth-order valence-corrected chi connectivity index (χ4v) is 3.17. The zero-order chi connectivity index (χ0) is 11.7. The largest absolute Gasteiger partial charge is 0.135 e. The van der Waals surface area contributed by atoms with Gasteiger partial charge in [-0.15, -0.1) is 11.3 Å². The summed E-state index contributed by atoms with van der Waals surface area (Å²) in [7, 11) is 0. The van der Waals surface area contributed by atoms with Crippen molar-refractivity contribution in [1.82, 2.24) is 0 Å². The fraction of sp³-hybridized carbons (Fsp3) is 0.0667. The quantitative estimate of drug-likeness (QED) is 0.413. The van der Waals surface area contributed by atoms with Crippen LogP contribution in [0.5, 0.6) is 0 Å². The zero-order valence-electron chi connectivity index (χ0n) is 9.03. The molecule has 1 aromatic heterocycles. The van der Waals surface area contributed by atoms with Crippen LogP contribution >= 0.6 is 27.3 Å². The van der Waals surface area contributed by atoms with E-state index in [1.54, 1.807) is 0 Å². The van der Waals surface area contributed by atoms with Gasteiger partial charge in [-0.1, -0.05) is 46.0 Å². The van der Waals surface area contributed by atoms with E-state index < -0.39 is 0 Å². The van der Waals surface area contributed by atoms with Crippen LogP contribution in [-0.4, -0.2) is 5.33 Å². The lowest BCUT2D eigenvalue weighted by Crippen LogP contribution is -1.73. The van der Waals surface area contributed by atoms with E-state index in [-0.39, 0.29) is 0 Å². The molecule has 0 N–H and O–H groups in total. The molecule has 0 unspecified atom stereocenters. The zero-order valence-corrected chi connectivity index (χ0v) is 11.4. The average molecular weight is 301 g/mol. The highest BCUT2D eigenvalue weighted by Gasteiger charge is 2.03. The summed E-state index contributed by atoms with van der Waals surface area (Å²) in [5.74, 6) is 6.19. The number of fused-ring (bicyclic) bond motifs is 3. The lowest BCUT2D eigenvalue weighted by atomic mass is 10.1. The molecule has 17 heavy (non-hydrogen) atoms. The average Bonchev–Trinajstić information content (AvgIpc) is 2.74. The molecule has 0 amide bonds. The molecule has 0 spiro atoms. The molecule has 0 saturated carbocycles. The van der Waals surface area contributed by atoms with Crippen LogP contribution in [-0.2, 0) is 0 Å². The van der Waals surface area contributed by atoms with Crippen molar-refractivity contribution in [2.75, 3.05) is 5.33 Å². The smallest absolute Gasteiger partial charge is 0.0649 e. The van der Waals surface area contributed by atoms with Gasteiger partial charge in [-0.3, -0.25) is 0 Å². The van der Waals surface area contributed by atoms with Crippen molar-refractivity contribution in [2.45, 2.75) is 0 Å². The maximum atomic E-state index is 3.32. The number of thiophene rings is 1. The Hall–Kier alpha value is -1.30. The molecule has 3 rings (SSSR count). The number of rotatable bonds is 0. The first-order valence-electron chi connectivity index (χ1n) is 5.34. The van der Waals surface area contributed by atoms with E-state index >= 15 is 0 Å². The van der Waals surface area contributed by atoms with Gasteiger partial charge < -0.3 is 0 Å². The molecule has 0 aliphatic heterocycles. The lowest BCUT2D eigenvalue weighted by molar-refractivity contribution is 1.74. The minimum atomic E-state index is 0.718. The predicted molar refractivity (Wildman–Crippen MR) is 80.0 cm³/mol. The Morgan fingerprint density at radius 2 is 1.82 bits per heavy atom. The Kier molecular flexibility index (Phi) is 2.88. The van der Waals surface area contributed by atoms with Crippen LogP contribution in [0.1, 0.15) is 5.56 Å². The van der Waals surface area contributed by atoms with Crippen molar-refractivity contribution in [3.8, 4) is 11.8 Å². The second-order valence-corrected chi connectivity index (χ2v) is 5.39. The fourth-order valence-electron chi connectivity index (χ4n) is 1.94. The summed E-state index contributed by atoms with van der Waals surface area (Å²) < 4.78 is 2.67. The standard InChI is InChI=1S/C15H9BrS/c16-9-3-4-11-7-8-15-13(10-11)12-5-1-2-6-14(12)17-15/h1-2,5-8,10H,9H2. The molecule has 0 fully saturated rings. The Balaban J connectivity index is 2.30. The van der Waals surface area contributed by atoms with E-state index in [2.05, 4.69) is 70.2 Å². The molecule has 0 atom stereocenters. The molecule has 0 nitrogen and oxygen atoms in total. The van der Waals surface area contributed by atoms with Crippen LogP contribution in [0.4, 0.5) is 0 Å². The number of halogens is 1. The maximum Gasteiger partial charge on any atom is 0.0649 e. The van der Waals surface area contributed by atoms with Gasteiger partial charge in [0.1, 0.15) is 0 Å². The van der Waals surface area contributed by atoms with Crippen molar-refractivity contribution in [3.05, 3.63) is 48.0 Å². The maximum absolute atomic E-state index is 3.32. The van der Waals surface area contributed by atoms with Crippen LogP contribution in [0.3, 0.4) is 0 Å². The van der Waals surface area contributed by atoms with E-state index in [0.29, 0.717) is 0 Å². The third-order valence-corrected chi connectivity index (χ3v) is 4.11. The summed E-state index contributed by atoms with van der Waals surface area (Å²) in [6.45, 7) is 0. The van der Waals surface area contributed by atoms with Gasteiger partial charge in [-0.25, -0.2) is 0 Å². The predicted octanol–water partition coefficient (Wildman–Crippen LogP) is 4.80. The third-order valence-electron chi connectivity index (χ3n) is 2.68. The third kappa shape index (κ3) is 1.97. The monoisotopic (exact) mass is 300 g/mol. The highest BCUT2D eigenvalue weighted by atomic mass is 79.9. The molecule has 0 aliphatic carbocycles. The molecule has 0 aliphatic rings. The molecule has 2 aromatic carbocycles. The van der Waals surface area contributed by atoms with Gasteiger partial charge in [0.2, 0.25) is 0 Å². The van der Waals surface area contributed by atoms with Crippen molar-refractivity contribution in [2.24, 2.45) is 0 Å². The van der Waals surface area contributed by atoms with Crippen LogP contribution in [0.15, 0.2) is 42.5 Å². The van der Waals surface area contributed by atoms with E-state index in [0.717, 1.165) is 10.9 Å². The second kappa shape index (κ2) is 4.52. The minimum absolute atomic E-state index is 0.718. The minimum Gasteiger partial charge on any atom is -0.135 e. The summed E-state index contributed by atoms with van der Waals surface area (Å²) in [4.78, 5) is 0. The van der Waals surface area contributed by atoms with Gasteiger partial charge >= 0.3 is 0 Å². The summed E-state index contributed by atoms with van der Waals surface area (Å²) in [5.41, 5.74) is 1.08. The molecule has 3 aromatic rings. The molecule has 82 valence electrons. The van der Waals surface area contributed by atoms with E-state index in [4.69, 9.17) is 0 Å². The first kappa shape index (κ1) is 10.8. The summed E-state index contributed by atoms with van der Waals surface area (Å²) in [5, 5.41) is 3.36. The van der Waals surface area contributed by atoms with Gasteiger partial charge in [-0.2, -0.15) is 0 Å². The van der Waals surface area contributed by atoms with Crippen molar-refractivity contribution in [3.63, 3.8) is 0 Å². The van der Waals surface area contributed by atoms with Gasteiger partial charge in [-0.05, 0) is 24.3 Å². The van der Waals surface area contributed by atoms with Crippen molar-refractivity contribution >= 4 is 47.4 Å². The Bertz CT molecular complexity index is 744. The topological polar surface area (TPSA) is 0 Å². The molecule has 0 saturated heterocycles. The van der Waals surface area contributed by atoms with Gasteiger partial charge in [0, 0.05) is 25.7 Å². The van der Waals surface area contributed by atoms with Crippen molar-refractivity contribution < 1.29 is 0 Å². The Morgan fingerprint density at radius 1 is 1.00 bits per heavy atom. The highest BCUT2D eigenvalue weighted by Crippen LogP contribution is 2.33. The number of benzene rings is 2. The molecular formula is C15H9BrS. The van der Waals surface area contributed by atoms with Gasteiger partial charge in [0.15, 0.2) is 0 Å². The molecule has 1 heterocycles. The summed E-state index contributed by atoms with van der Waals surface area (Å²) in [6, 6.07) is 15.0. The van der Waals surface area contributed by atoms with Gasteiger partial charge in [0.05, 0.1) is 5.33 Å². The lowest BCUT2D eigenvalue weighted by Gasteiger charge is -1.93.